The zero-order valence-corrected chi connectivity index (χ0v) is 31.0. The molecule has 0 fully saturated rings. The van der Waals surface area contributed by atoms with Crippen LogP contribution in [-0.4, -0.2) is 0 Å². The van der Waals surface area contributed by atoms with Crippen molar-refractivity contribution in [2.45, 2.75) is 84.0 Å². The minimum absolute atomic E-state index is 0.0489. The van der Waals surface area contributed by atoms with Gasteiger partial charge in [0.2, 0.25) is 0 Å². The van der Waals surface area contributed by atoms with Crippen LogP contribution in [0.25, 0.3) is 33.4 Å². The maximum Gasteiger partial charge on any atom is 0.0543 e. The molecule has 0 amide bonds. The lowest BCUT2D eigenvalue weighted by molar-refractivity contribution is 0.589. The molecule has 6 aromatic carbocycles. The highest BCUT2D eigenvalue weighted by Gasteiger charge is 2.41. The minimum atomic E-state index is -0.123. The van der Waals surface area contributed by atoms with E-state index in [4.69, 9.17) is 0 Å². The van der Waals surface area contributed by atoms with Crippen molar-refractivity contribution in [1.82, 2.24) is 0 Å². The molecular weight excluding hydrogens is 603 g/mol. The van der Waals surface area contributed by atoms with Crippen LogP contribution in [0.3, 0.4) is 0 Å². The monoisotopic (exact) mass is 649 g/mol. The zero-order chi connectivity index (χ0) is 35.0. The molecule has 0 atom stereocenters. The van der Waals surface area contributed by atoms with Crippen molar-refractivity contribution < 1.29 is 0 Å². The van der Waals surface area contributed by atoms with E-state index in [1.807, 2.05) is 0 Å². The molecule has 0 aromatic heterocycles. The fourth-order valence-corrected chi connectivity index (χ4v) is 9.72. The molecule has 50 heavy (non-hydrogen) atoms. The van der Waals surface area contributed by atoms with E-state index in [1.54, 1.807) is 0 Å². The zero-order valence-electron chi connectivity index (χ0n) is 31.0. The lowest BCUT2D eigenvalue weighted by atomic mass is 9.79. The van der Waals surface area contributed by atoms with E-state index in [2.05, 4.69) is 189 Å². The second-order valence-corrected chi connectivity index (χ2v) is 17.4. The molecule has 0 unspecified atom stereocenters. The third-order valence-corrected chi connectivity index (χ3v) is 12.4. The Labute approximate surface area is 298 Å². The summed E-state index contributed by atoms with van der Waals surface area (Å²) in [5, 5.41) is 0. The molecule has 1 nitrogen and oxygen atoms in total. The smallest absolute Gasteiger partial charge is 0.0543 e. The largest absolute Gasteiger partial charge is 0.310 e. The van der Waals surface area contributed by atoms with Gasteiger partial charge < -0.3 is 4.90 Å². The summed E-state index contributed by atoms with van der Waals surface area (Å²) in [5.41, 5.74) is 21.4. The van der Waals surface area contributed by atoms with Crippen molar-refractivity contribution in [2.75, 3.05) is 4.90 Å². The van der Waals surface area contributed by atoms with Crippen molar-refractivity contribution in [3.05, 3.63) is 160 Å². The number of benzene rings is 6. The Hall–Kier alpha value is -4.88. The van der Waals surface area contributed by atoms with Crippen molar-refractivity contribution in [3.8, 4) is 33.4 Å². The van der Waals surface area contributed by atoms with E-state index < -0.39 is 0 Å². The first kappa shape index (κ1) is 31.1. The van der Waals surface area contributed by atoms with Gasteiger partial charge in [0, 0.05) is 33.2 Å². The van der Waals surface area contributed by atoms with Crippen molar-refractivity contribution in [1.29, 1.82) is 0 Å². The van der Waals surface area contributed by atoms with Crippen molar-refractivity contribution >= 4 is 17.1 Å². The molecule has 3 aliphatic rings. The molecule has 0 spiro atoms. The van der Waals surface area contributed by atoms with E-state index in [-0.39, 0.29) is 21.7 Å². The number of hydrogen-bond donors (Lipinski definition) is 0. The number of nitrogens with zero attached hydrogens (tertiary/aromatic N) is 1. The van der Waals surface area contributed by atoms with Gasteiger partial charge in [0.15, 0.2) is 0 Å². The number of anilines is 3. The summed E-state index contributed by atoms with van der Waals surface area (Å²) in [5.74, 6) is 0. The van der Waals surface area contributed by atoms with Gasteiger partial charge in [0.05, 0.1) is 5.69 Å². The number of rotatable bonds is 3. The Kier molecular flexibility index (Phi) is 6.29. The second-order valence-electron chi connectivity index (χ2n) is 17.4. The first-order valence-corrected chi connectivity index (χ1v) is 18.3. The van der Waals surface area contributed by atoms with E-state index in [0.717, 1.165) is 0 Å². The van der Waals surface area contributed by atoms with Crippen LogP contribution in [-0.2, 0) is 21.7 Å². The Bertz CT molecular complexity index is 2390. The average molecular weight is 650 g/mol. The molecular formula is C49H47N. The van der Waals surface area contributed by atoms with Gasteiger partial charge in [-0.15, -0.1) is 0 Å². The minimum Gasteiger partial charge on any atom is -0.310 e. The maximum atomic E-state index is 2.56. The first-order valence-electron chi connectivity index (χ1n) is 18.3. The molecule has 3 aliphatic carbocycles. The average Bonchev–Trinajstić information content (AvgIpc) is 3.58. The van der Waals surface area contributed by atoms with Crippen molar-refractivity contribution in [3.63, 3.8) is 0 Å². The topological polar surface area (TPSA) is 3.24 Å². The summed E-state index contributed by atoms with van der Waals surface area (Å²) in [7, 11) is 0. The predicted octanol–water partition coefficient (Wildman–Crippen LogP) is 13.4. The van der Waals surface area contributed by atoms with Gasteiger partial charge in [0.25, 0.3) is 0 Å². The molecule has 9 rings (SSSR count). The molecule has 6 aromatic rings. The quantitative estimate of drug-likeness (QED) is 0.184. The van der Waals surface area contributed by atoms with E-state index in [1.165, 1.54) is 89.4 Å². The van der Waals surface area contributed by atoms with E-state index >= 15 is 0 Å². The third-order valence-electron chi connectivity index (χ3n) is 12.4. The highest BCUT2D eigenvalue weighted by atomic mass is 15.1. The van der Waals surface area contributed by atoms with E-state index in [9.17, 15) is 0 Å². The first-order chi connectivity index (χ1) is 23.7. The van der Waals surface area contributed by atoms with E-state index in [0.29, 0.717) is 0 Å². The van der Waals surface area contributed by atoms with Gasteiger partial charge in [-0.25, -0.2) is 0 Å². The maximum absolute atomic E-state index is 2.56. The molecule has 1 heteroatoms. The Morgan fingerprint density at radius 1 is 0.400 bits per heavy atom. The summed E-state index contributed by atoms with van der Waals surface area (Å²) in [4.78, 5) is 2.56. The summed E-state index contributed by atoms with van der Waals surface area (Å²) in [6.07, 6.45) is 0. The van der Waals surface area contributed by atoms with Crippen LogP contribution in [0.4, 0.5) is 17.1 Å². The van der Waals surface area contributed by atoms with Crippen LogP contribution in [0.5, 0.6) is 0 Å². The van der Waals surface area contributed by atoms with Gasteiger partial charge in [-0.3, -0.25) is 0 Å². The van der Waals surface area contributed by atoms with Crippen LogP contribution in [0.2, 0.25) is 0 Å². The molecule has 0 N–H and O–H groups in total. The summed E-state index contributed by atoms with van der Waals surface area (Å²) in [6.45, 7) is 21.4. The molecule has 0 radical (unpaired) electrons. The van der Waals surface area contributed by atoms with Gasteiger partial charge in [-0.05, 0) is 103 Å². The fourth-order valence-electron chi connectivity index (χ4n) is 9.72. The molecule has 0 bridgehead atoms. The SMILES string of the molecule is CC(C)(C)c1cccc2c1-c1ccc(N(c3ccc4c(c3)C(C)(C)c3ccccc3-4)c3cccc4c3-c3ccccc3C4(C)C)cc1C2(C)C. The lowest BCUT2D eigenvalue weighted by Crippen LogP contribution is -2.19. The molecule has 0 aliphatic heterocycles. The summed E-state index contributed by atoms with van der Waals surface area (Å²) >= 11 is 0. The summed E-state index contributed by atoms with van der Waals surface area (Å²) in [6, 6.07) is 46.4. The van der Waals surface area contributed by atoms with Crippen molar-refractivity contribution in [2.24, 2.45) is 0 Å². The van der Waals surface area contributed by atoms with Crippen LogP contribution in [0.1, 0.15) is 101 Å². The van der Waals surface area contributed by atoms with Gasteiger partial charge in [-0.1, -0.05) is 153 Å². The molecule has 0 heterocycles. The lowest BCUT2D eigenvalue weighted by Gasteiger charge is -2.31. The normalized spacial score (nSPS) is 16.6. The van der Waals surface area contributed by atoms with Gasteiger partial charge in [-0.2, -0.15) is 0 Å². The molecule has 0 saturated heterocycles. The summed E-state index contributed by atoms with van der Waals surface area (Å²) < 4.78 is 0. The van der Waals surface area contributed by atoms with Crippen LogP contribution >= 0.6 is 0 Å². The van der Waals surface area contributed by atoms with Gasteiger partial charge in [0.1, 0.15) is 0 Å². The van der Waals surface area contributed by atoms with Crippen LogP contribution < -0.4 is 4.90 Å². The third kappa shape index (κ3) is 4.07. The van der Waals surface area contributed by atoms with Crippen LogP contribution in [0.15, 0.2) is 121 Å². The Balaban J connectivity index is 1.31. The second kappa shape index (κ2) is 10.1. The Morgan fingerprint density at radius 2 is 0.840 bits per heavy atom. The van der Waals surface area contributed by atoms with Gasteiger partial charge >= 0.3 is 0 Å². The fraction of sp³-hybridized carbons (Fsp3) is 0.265. The molecule has 248 valence electrons. The molecule has 0 saturated carbocycles. The number of fused-ring (bicyclic) bond motifs is 9. The number of hydrogen-bond acceptors (Lipinski definition) is 1. The highest BCUT2D eigenvalue weighted by molar-refractivity contribution is 5.97. The highest BCUT2D eigenvalue weighted by Crippen LogP contribution is 2.57. The standard InChI is InChI=1S/C49H47N/c1-46(2,3)38-20-14-21-39-44(38)35-27-25-31(29-42(35)49(39,8)9)50(30-24-26-33-32-16-10-12-18-36(32)48(6,7)41(33)28-30)43-23-15-22-40-45(43)34-17-11-13-19-37(34)47(40,4)5/h10-29H,1-9H3. The van der Waals surface area contributed by atoms with Crippen LogP contribution in [0, 0.1) is 0 Å². The Morgan fingerprint density at radius 3 is 1.50 bits per heavy atom. The predicted molar refractivity (Wildman–Crippen MR) is 213 cm³/mol.